The zero-order valence-electron chi connectivity index (χ0n) is 16.1. The van der Waals surface area contributed by atoms with Crippen molar-refractivity contribution < 1.29 is 18.0 Å². The Morgan fingerprint density at radius 1 is 1.03 bits per heavy atom. The summed E-state index contributed by atoms with van der Waals surface area (Å²) in [5.41, 5.74) is 0.677. The van der Waals surface area contributed by atoms with Gasteiger partial charge in [-0.1, -0.05) is 18.2 Å². The lowest BCUT2D eigenvalue weighted by molar-refractivity contribution is -0.132. The molecule has 3 rings (SSSR count). The second-order valence-electron chi connectivity index (χ2n) is 6.87. The van der Waals surface area contributed by atoms with Crippen LogP contribution in [0.25, 0.3) is 0 Å². The second-order valence-corrected chi connectivity index (χ2v) is 9.76. The Hall–Kier alpha value is -2.23. The molecule has 29 heavy (non-hydrogen) atoms. The van der Waals surface area contributed by atoms with Gasteiger partial charge in [-0.25, -0.2) is 8.42 Å². The molecule has 1 fully saturated rings. The van der Waals surface area contributed by atoms with E-state index in [1.807, 2.05) is 10.8 Å². The van der Waals surface area contributed by atoms with Gasteiger partial charge in [0.2, 0.25) is 5.91 Å². The fraction of sp³-hybridized carbons (Fsp3) is 0.400. The number of sulfone groups is 1. The van der Waals surface area contributed by atoms with E-state index in [1.165, 1.54) is 11.3 Å². The van der Waals surface area contributed by atoms with Crippen LogP contribution in [0.3, 0.4) is 0 Å². The molecule has 1 aliphatic heterocycles. The molecule has 0 spiro atoms. The van der Waals surface area contributed by atoms with E-state index in [1.54, 1.807) is 41.3 Å². The molecule has 1 saturated heterocycles. The fourth-order valence-corrected chi connectivity index (χ4v) is 5.06. The summed E-state index contributed by atoms with van der Waals surface area (Å²) in [5.74, 6) is -0.375. The molecule has 9 heteroatoms. The summed E-state index contributed by atoms with van der Waals surface area (Å²) in [7, 11) is -3.44. The minimum Gasteiger partial charge on any atom is -0.351 e. The van der Waals surface area contributed by atoms with E-state index < -0.39 is 9.84 Å². The minimum atomic E-state index is -3.44. The number of benzene rings is 1. The Morgan fingerprint density at radius 3 is 2.41 bits per heavy atom. The van der Waals surface area contributed by atoms with Gasteiger partial charge in [0.15, 0.2) is 9.84 Å². The van der Waals surface area contributed by atoms with Gasteiger partial charge in [-0.3, -0.25) is 14.5 Å². The van der Waals surface area contributed by atoms with Gasteiger partial charge in [-0.05, 0) is 23.6 Å². The Kier molecular flexibility index (Phi) is 7.40. The number of piperazine rings is 1. The Balaban J connectivity index is 1.36. The average molecular weight is 436 g/mol. The van der Waals surface area contributed by atoms with Crippen LogP contribution in [-0.4, -0.2) is 75.1 Å². The van der Waals surface area contributed by atoms with E-state index in [0.717, 1.165) is 6.54 Å². The zero-order chi connectivity index (χ0) is 20.7. The largest absolute Gasteiger partial charge is 0.351 e. The molecule has 2 aromatic rings. The Labute approximate surface area is 175 Å². The molecule has 1 aliphatic rings. The molecule has 2 heterocycles. The van der Waals surface area contributed by atoms with Gasteiger partial charge in [-0.2, -0.15) is 11.3 Å². The van der Waals surface area contributed by atoms with Crippen LogP contribution in [0.4, 0.5) is 0 Å². The van der Waals surface area contributed by atoms with Crippen molar-refractivity contribution in [1.82, 2.24) is 15.1 Å². The molecule has 0 unspecified atom stereocenters. The van der Waals surface area contributed by atoms with Crippen molar-refractivity contribution >= 4 is 33.0 Å². The van der Waals surface area contributed by atoms with Crippen molar-refractivity contribution in [3.05, 3.63) is 52.7 Å². The van der Waals surface area contributed by atoms with Crippen molar-refractivity contribution in [3.8, 4) is 0 Å². The average Bonchev–Trinajstić information content (AvgIpc) is 3.28. The molecule has 0 radical (unpaired) electrons. The molecule has 1 aromatic heterocycles. The second kappa shape index (κ2) is 10.00. The van der Waals surface area contributed by atoms with Crippen molar-refractivity contribution in [3.63, 3.8) is 0 Å². The van der Waals surface area contributed by atoms with Crippen molar-refractivity contribution in [1.29, 1.82) is 0 Å². The SMILES string of the molecule is O=C(NCCN1CCN(C(=O)CCS(=O)(=O)c2ccccc2)CC1)c1ccsc1. The van der Waals surface area contributed by atoms with Crippen LogP contribution in [0.5, 0.6) is 0 Å². The highest BCUT2D eigenvalue weighted by atomic mass is 32.2. The molecule has 1 N–H and O–H groups in total. The summed E-state index contributed by atoms with van der Waals surface area (Å²) in [6.07, 6.45) is -0.00603. The lowest BCUT2D eigenvalue weighted by Gasteiger charge is -2.34. The van der Waals surface area contributed by atoms with Gasteiger partial charge in [0.25, 0.3) is 5.91 Å². The molecule has 0 saturated carbocycles. The molecule has 2 amide bonds. The van der Waals surface area contributed by atoms with Crippen LogP contribution >= 0.6 is 11.3 Å². The summed E-state index contributed by atoms with van der Waals surface area (Å²) in [4.78, 5) is 28.5. The van der Waals surface area contributed by atoms with Crippen LogP contribution in [0.15, 0.2) is 52.1 Å². The summed E-state index contributed by atoms with van der Waals surface area (Å²) in [6.45, 7) is 3.85. The molecular formula is C20H25N3O4S2. The molecule has 0 bridgehead atoms. The van der Waals surface area contributed by atoms with Crippen LogP contribution in [0.1, 0.15) is 16.8 Å². The monoisotopic (exact) mass is 435 g/mol. The number of carbonyl (C=O) groups excluding carboxylic acids is 2. The maximum absolute atomic E-state index is 12.4. The first kappa shape index (κ1) is 21.5. The third-order valence-electron chi connectivity index (χ3n) is 4.91. The van der Waals surface area contributed by atoms with Crippen molar-refractivity contribution in [2.24, 2.45) is 0 Å². The maximum atomic E-state index is 12.4. The van der Waals surface area contributed by atoms with Crippen LogP contribution in [0, 0.1) is 0 Å². The van der Waals surface area contributed by atoms with Gasteiger partial charge in [0.05, 0.1) is 10.6 Å². The summed E-state index contributed by atoms with van der Waals surface area (Å²) in [5, 5.41) is 6.59. The van der Waals surface area contributed by atoms with E-state index in [9.17, 15) is 18.0 Å². The molecule has 7 nitrogen and oxygen atoms in total. The first-order valence-corrected chi connectivity index (χ1v) is 12.1. The highest BCUT2D eigenvalue weighted by Gasteiger charge is 2.23. The van der Waals surface area contributed by atoms with Gasteiger partial charge in [0.1, 0.15) is 0 Å². The summed E-state index contributed by atoms with van der Waals surface area (Å²) in [6, 6.07) is 10.0. The van der Waals surface area contributed by atoms with Crippen LogP contribution < -0.4 is 5.32 Å². The molecule has 156 valence electrons. The van der Waals surface area contributed by atoms with Gasteiger partial charge in [-0.15, -0.1) is 0 Å². The third-order valence-corrected chi connectivity index (χ3v) is 7.32. The summed E-state index contributed by atoms with van der Waals surface area (Å²) >= 11 is 1.49. The number of hydrogen-bond acceptors (Lipinski definition) is 6. The Bertz CT molecular complexity index is 906. The number of carbonyl (C=O) groups is 2. The van der Waals surface area contributed by atoms with Gasteiger partial charge >= 0.3 is 0 Å². The number of nitrogens with zero attached hydrogens (tertiary/aromatic N) is 2. The van der Waals surface area contributed by atoms with Crippen LogP contribution in [-0.2, 0) is 14.6 Å². The smallest absolute Gasteiger partial charge is 0.252 e. The topological polar surface area (TPSA) is 86.8 Å². The molecular weight excluding hydrogens is 410 g/mol. The number of rotatable bonds is 8. The van der Waals surface area contributed by atoms with E-state index in [0.29, 0.717) is 38.3 Å². The van der Waals surface area contributed by atoms with Crippen LogP contribution in [0.2, 0.25) is 0 Å². The Morgan fingerprint density at radius 2 is 1.76 bits per heavy atom. The lowest BCUT2D eigenvalue weighted by atomic mass is 10.3. The standard InChI is InChI=1S/C20H25N3O4S2/c24-19(7-15-29(26,27)18-4-2-1-3-5-18)23-12-10-22(11-13-23)9-8-21-20(25)17-6-14-28-16-17/h1-6,14,16H,7-13,15H2,(H,21,25). The lowest BCUT2D eigenvalue weighted by Crippen LogP contribution is -2.50. The van der Waals surface area contributed by atoms with Crippen molar-refractivity contribution in [2.75, 3.05) is 45.0 Å². The van der Waals surface area contributed by atoms with Gasteiger partial charge in [0, 0.05) is 56.6 Å². The first-order chi connectivity index (χ1) is 14.0. The highest BCUT2D eigenvalue weighted by molar-refractivity contribution is 7.91. The predicted octanol–water partition coefficient (Wildman–Crippen LogP) is 1.49. The first-order valence-electron chi connectivity index (χ1n) is 9.54. The third kappa shape index (κ3) is 6.12. The fourth-order valence-electron chi connectivity index (χ4n) is 3.17. The zero-order valence-corrected chi connectivity index (χ0v) is 17.8. The highest BCUT2D eigenvalue weighted by Crippen LogP contribution is 2.12. The van der Waals surface area contributed by atoms with E-state index >= 15 is 0 Å². The number of hydrogen-bond donors (Lipinski definition) is 1. The quantitative estimate of drug-likeness (QED) is 0.679. The number of amides is 2. The van der Waals surface area contributed by atoms with E-state index in [-0.39, 0.29) is 28.9 Å². The molecule has 0 aliphatic carbocycles. The predicted molar refractivity (Wildman–Crippen MR) is 113 cm³/mol. The van der Waals surface area contributed by atoms with Gasteiger partial charge < -0.3 is 10.2 Å². The molecule has 1 aromatic carbocycles. The minimum absolute atomic E-state index is 0.00603. The maximum Gasteiger partial charge on any atom is 0.252 e. The summed E-state index contributed by atoms with van der Waals surface area (Å²) < 4.78 is 24.6. The van der Waals surface area contributed by atoms with E-state index in [2.05, 4.69) is 10.2 Å². The van der Waals surface area contributed by atoms with Crippen molar-refractivity contribution in [2.45, 2.75) is 11.3 Å². The number of nitrogens with one attached hydrogen (secondary N) is 1. The number of thiophene rings is 1. The van der Waals surface area contributed by atoms with E-state index in [4.69, 9.17) is 0 Å². The normalized spacial score (nSPS) is 15.2. The molecule has 0 atom stereocenters.